The first-order valence-corrected chi connectivity index (χ1v) is 27.0. The molecule has 6 heteroatoms. The highest BCUT2D eigenvalue weighted by Gasteiger charge is 2.19. The molecular formula is C61H98O6. The fourth-order valence-electron chi connectivity index (χ4n) is 6.95. The van der Waals surface area contributed by atoms with Crippen molar-refractivity contribution in [3.8, 4) is 0 Å². The van der Waals surface area contributed by atoms with Crippen LogP contribution in [0.4, 0.5) is 0 Å². The second-order valence-corrected chi connectivity index (χ2v) is 17.4. The minimum atomic E-state index is -0.831. The summed E-state index contributed by atoms with van der Waals surface area (Å²) in [6, 6.07) is 0. The fourth-order valence-corrected chi connectivity index (χ4v) is 6.95. The molecule has 0 aliphatic heterocycles. The Kier molecular flexibility index (Phi) is 51.0. The lowest BCUT2D eigenvalue weighted by Crippen LogP contribution is -2.30. The van der Waals surface area contributed by atoms with Gasteiger partial charge in [-0.25, -0.2) is 0 Å². The van der Waals surface area contributed by atoms with E-state index in [1.165, 1.54) is 64.2 Å². The molecular weight excluding hydrogens is 829 g/mol. The third-order valence-electron chi connectivity index (χ3n) is 10.9. The van der Waals surface area contributed by atoms with Crippen molar-refractivity contribution < 1.29 is 28.6 Å². The lowest BCUT2D eigenvalue weighted by molar-refractivity contribution is -0.166. The van der Waals surface area contributed by atoms with E-state index in [2.05, 4.69) is 130 Å². The van der Waals surface area contributed by atoms with Crippen molar-refractivity contribution >= 4 is 17.9 Å². The molecule has 0 fully saturated rings. The molecule has 0 saturated heterocycles. The van der Waals surface area contributed by atoms with Crippen molar-refractivity contribution in [2.45, 2.75) is 232 Å². The maximum absolute atomic E-state index is 12.8. The number of hydrogen-bond donors (Lipinski definition) is 0. The van der Waals surface area contributed by atoms with Crippen LogP contribution < -0.4 is 0 Å². The summed E-state index contributed by atoms with van der Waals surface area (Å²) in [6.45, 7) is 6.31. The van der Waals surface area contributed by atoms with Gasteiger partial charge in [-0.1, -0.05) is 213 Å². The predicted octanol–water partition coefficient (Wildman–Crippen LogP) is 18.1. The normalized spacial score (nSPS) is 13.1. The molecule has 0 heterocycles. The Morgan fingerprint density at radius 2 is 0.612 bits per heavy atom. The van der Waals surface area contributed by atoms with E-state index in [-0.39, 0.29) is 31.6 Å². The molecule has 378 valence electrons. The molecule has 0 N–H and O–H groups in total. The zero-order valence-electron chi connectivity index (χ0n) is 43.1. The van der Waals surface area contributed by atoms with Crippen LogP contribution >= 0.6 is 0 Å². The number of unbranched alkanes of at least 4 members (excludes halogenated alkanes) is 16. The van der Waals surface area contributed by atoms with Crippen molar-refractivity contribution in [2.24, 2.45) is 0 Å². The highest BCUT2D eigenvalue weighted by Crippen LogP contribution is 2.13. The summed E-state index contributed by atoms with van der Waals surface area (Å²) in [5.74, 6) is -1.03. The minimum Gasteiger partial charge on any atom is -0.462 e. The van der Waals surface area contributed by atoms with Gasteiger partial charge in [0.1, 0.15) is 13.2 Å². The first-order valence-electron chi connectivity index (χ1n) is 27.0. The number of allylic oxidation sites excluding steroid dienone is 20. The molecule has 0 aromatic heterocycles. The molecule has 6 nitrogen and oxygen atoms in total. The Morgan fingerprint density at radius 1 is 0.313 bits per heavy atom. The SMILES string of the molecule is CC/C=C\C/C=C\C/C=C\C/C=C\C/C=C\C/C=C\CCC(=O)O[C@H](COC(=O)CCCCCCC/C=C\C/C=C\C/C=C\CC)COC(=O)CCCCCCCCC/C=C\CCCCCC. The molecule has 0 amide bonds. The van der Waals surface area contributed by atoms with Crippen molar-refractivity contribution in [3.05, 3.63) is 122 Å². The van der Waals surface area contributed by atoms with E-state index >= 15 is 0 Å². The summed E-state index contributed by atoms with van der Waals surface area (Å²) in [7, 11) is 0. The summed E-state index contributed by atoms with van der Waals surface area (Å²) in [4.78, 5) is 38.0. The molecule has 0 bridgehead atoms. The molecule has 0 saturated carbocycles. The van der Waals surface area contributed by atoms with Crippen LogP contribution in [0.5, 0.6) is 0 Å². The molecule has 0 spiro atoms. The third kappa shape index (κ3) is 52.6. The Labute approximate surface area is 412 Å². The van der Waals surface area contributed by atoms with Gasteiger partial charge in [0.05, 0.1) is 0 Å². The fraction of sp³-hybridized carbons (Fsp3) is 0.623. The van der Waals surface area contributed by atoms with Gasteiger partial charge in [0.2, 0.25) is 0 Å². The summed E-state index contributed by atoms with van der Waals surface area (Å²) in [5, 5.41) is 0. The van der Waals surface area contributed by atoms with Crippen LogP contribution in [0.15, 0.2) is 122 Å². The van der Waals surface area contributed by atoms with Gasteiger partial charge in [-0.15, -0.1) is 0 Å². The summed E-state index contributed by atoms with van der Waals surface area (Å²) < 4.78 is 16.7. The molecule has 0 aliphatic carbocycles. The van der Waals surface area contributed by atoms with E-state index in [0.29, 0.717) is 19.3 Å². The summed E-state index contributed by atoms with van der Waals surface area (Å²) in [5.41, 5.74) is 0. The van der Waals surface area contributed by atoms with Crippen LogP contribution in [0.3, 0.4) is 0 Å². The lowest BCUT2D eigenvalue weighted by Gasteiger charge is -2.18. The van der Waals surface area contributed by atoms with Gasteiger partial charge in [0, 0.05) is 19.3 Å². The highest BCUT2D eigenvalue weighted by molar-refractivity contribution is 5.71. The van der Waals surface area contributed by atoms with Crippen molar-refractivity contribution in [2.75, 3.05) is 13.2 Å². The van der Waals surface area contributed by atoms with Crippen molar-refractivity contribution in [1.29, 1.82) is 0 Å². The second kappa shape index (κ2) is 54.4. The molecule has 0 radical (unpaired) electrons. The Bertz CT molecular complexity index is 1440. The smallest absolute Gasteiger partial charge is 0.306 e. The maximum atomic E-state index is 12.8. The number of ether oxygens (including phenoxy) is 3. The first kappa shape index (κ1) is 62.8. The molecule has 0 rings (SSSR count). The van der Waals surface area contributed by atoms with E-state index in [9.17, 15) is 14.4 Å². The van der Waals surface area contributed by atoms with E-state index in [0.717, 1.165) is 116 Å². The van der Waals surface area contributed by atoms with E-state index in [1.807, 2.05) is 12.2 Å². The van der Waals surface area contributed by atoms with Gasteiger partial charge < -0.3 is 14.2 Å². The molecule has 0 aromatic carbocycles. The average Bonchev–Trinajstić information content (AvgIpc) is 3.33. The number of carbonyl (C=O) groups is 3. The highest BCUT2D eigenvalue weighted by atomic mass is 16.6. The lowest BCUT2D eigenvalue weighted by atomic mass is 10.1. The number of esters is 3. The maximum Gasteiger partial charge on any atom is 0.306 e. The monoisotopic (exact) mass is 927 g/mol. The zero-order chi connectivity index (χ0) is 48.6. The molecule has 0 aromatic rings. The zero-order valence-corrected chi connectivity index (χ0v) is 43.1. The van der Waals surface area contributed by atoms with Gasteiger partial charge in [0.15, 0.2) is 6.10 Å². The molecule has 67 heavy (non-hydrogen) atoms. The van der Waals surface area contributed by atoms with Crippen LogP contribution in [-0.2, 0) is 28.6 Å². The van der Waals surface area contributed by atoms with E-state index < -0.39 is 12.1 Å². The van der Waals surface area contributed by atoms with Crippen LogP contribution in [0, 0.1) is 0 Å². The van der Waals surface area contributed by atoms with E-state index in [4.69, 9.17) is 14.2 Å². The van der Waals surface area contributed by atoms with Crippen LogP contribution in [0.2, 0.25) is 0 Å². The summed E-state index contributed by atoms with van der Waals surface area (Å²) in [6.07, 6.45) is 74.8. The molecule has 0 unspecified atom stereocenters. The van der Waals surface area contributed by atoms with Gasteiger partial charge in [-0.05, 0) is 116 Å². The number of hydrogen-bond acceptors (Lipinski definition) is 6. The molecule has 0 aliphatic rings. The van der Waals surface area contributed by atoms with Gasteiger partial charge >= 0.3 is 17.9 Å². The van der Waals surface area contributed by atoms with Crippen LogP contribution in [-0.4, -0.2) is 37.2 Å². The number of carbonyl (C=O) groups excluding carboxylic acids is 3. The number of rotatable bonds is 47. The Morgan fingerprint density at radius 3 is 0.985 bits per heavy atom. The van der Waals surface area contributed by atoms with Crippen LogP contribution in [0.25, 0.3) is 0 Å². The third-order valence-corrected chi connectivity index (χ3v) is 10.9. The van der Waals surface area contributed by atoms with E-state index in [1.54, 1.807) is 0 Å². The quantitative estimate of drug-likeness (QED) is 0.0262. The average molecular weight is 927 g/mol. The minimum absolute atomic E-state index is 0.119. The van der Waals surface area contributed by atoms with Crippen LogP contribution in [0.1, 0.15) is 226 Å². The van der Waals surface area contributed by atoms with Crippen molar-refractivity contribution in [1.82, 2.24) is 0 Å². The molecule has 1 atom stereocenters. The first-order chi connectivity index (χ1) is 33.0. The Balaban J connectivity index is 4.56. The predicted molar refractivity (Wildman–Crippen MR) is 288 cm³/mol. The summed E-state index contributed by atoms with van der Waals surface area (Å²) >= 11 is 0. The Hall–Kier alpha value is -4.19. The second-order valence-electron chi connectivity index (χ2n) is 17.4. The van der Waals surface area contributed by atoms with Gasteiger partial charge in [0.25, 0.3) is 0 Å². The topological polar surface area (TPSA) is 78.9 Å². The van der Waals surface area contributed by atoms with Gasteiger partial charge in [-0.3, -0.25) is 14.4 Å². The standard InChI is InChI=1S/C61H98O6/c1-4-7-10-13-16-19-22-25-28-29-30-31-34-37-40-43-46-49-52-55-61(64)67-58(56-65-59(62)53-50-47-44-41-38-35-32-26-23-20-17-14-11-8-5-2)57-66-60(63)54-51-48-45-42-39-36-33-27-24-21-18-15-12-9-6-3/h7-8,10-11,16-17,19-21,24-26,28,30-32,37,40,46,49,58H,4-6,9,12-15,18,22-23,27,29,33-36,38-39,41-45,47-48,50-57H2,1-3H3/b10-7-,11-8-,19-16-,20-17-,24-21-,28-25-,31-30-,32-26-,40-37-,49-46-/t58-/m1/s1. The van der Waals surface area contributed by atoms with Crippen molar-refractivity contribution in [3.63, 3.8) is 0 Å². The van der Waals surface area contributed by atoms with Gasteiger partial charge in [-0.2, -0.15) is 0 Å². The largest absolute Gasteiger partial charge is 0.462 e.